The lowest BCUT2D eigenvalue weighted by molar-refractivity contribution is 0.197. The van der Waals surface area contributed by atoms with Crippen molar-refractivity contribution >= 4 is 5.65 Å². The molecule has 0 atom stereocenters. The topological polar surface area (TPSA) is 72.4 Å². The van der Waals surface area contributed by atoms with E-state index in [1.807, 2.05) is 23.6 Å². The van der Waals surface area contributed by atoms with Crippen LogP contribution in [-0.2, 0) is 6.54 Å². The van der Waals surface area contributed by atoms with Crippen molar-refractivity contribution in [3.8, 4) is 0 Å². The van der Waals surface area contributed by atoms with Crippen LogP contribution in [0.2, 0.25) is 0 Å². The summed E-state index contributed by atoms with van der Waals surface area (Å²) in [5, 5.41) is 13.2. The number of piperidine rings is 1. The molecule has 0 aliphatic carbocycles. The first-order chi connectivity index (χ1) is 12.1. The quantitative estimate of drug-likeness (QED) is 0.727. The molecule has 7 nitrogen and oxygen atoms in total. The lowest BCUT2D eigenvalue weighted by Gasteiger charge is -2.30. The summed E-state index contributed by atoms with van der Waals surface area (Å²) in [6, 6.07) is 3.95. The number of hydrogen-bond acceptors (Lipinski definition) is 6. The van der Waals surface area contributed by atoms with Crippen molar-refractivity contribution < 1.29 is 4.42 Å². The molecule has 0 N–H and O–H groups in total. The van der Waals surface area contributed by atoms with Gasteiger partial charge in [0, 0.05) is 18.4 Å². The summed E-state index contributed by atoms with van der Waals surface area (Å²) in [6.07, 6.45) is 3.68. The molecule has 0 radical (unpaired) electrons. The summed E-state index contributed by atoms with van der Waals surface area (Å²) in [4.78, 5) is 6.85. The van der Waals surface area contributed by atoms with Gasteiger partial charge in [-0.25, -0.2) is 4.98 Å². The van der Waals surface area contributed by atoms with Crippen LogP contribution in [0.3, 0.4) is 0 Å². The van der Waals surface area contributed by atoms with Gasteiger partial charge < -0.3 is 4.42 Å². The van der Waals surface area contributed by atoms with Crippen LogP contribution >= 0.6 is 0 Å². The maximum absolute atomic E-state index is 5.54. The van der Waals surface area contributed by atoms with Crippen molar-refractivity contribution in [3.63, 3.8) is 0 Å². The van der Waals surface area contributed by atoms with E-state index in [4.69, 9.17) is 4.42 Å². The van der Waals surface area contributed by atoms with E-state index in [0.717, 1.165) is 61.1 Å². The number of aryl methyl sites for hydroxylation is 1. The van der Waals surface area contributed by atoms with Gasteiger partial charge in [0.2, 0.25) is 0 Å². The zero-order valence-electron chi connectivity index (χ0n) is 15.0. The molecule has 0 aromatic carbocycles. The Balaban J connectivity index is 1.44. The van der Waals surface area contributed by atoms with Gasteiger partial charge in [-0.05, 0) is 45.0 Å². The Bertz CT molecular complexity index is 859. The molecule has 1 aliphatic heterocycles. The van der Waals surface area contributed by atoms with E-state index in [1.165, 1.54) is 0 Å². The molecule has 3 aromatic rings. The summed E-state index contributed by atoms with van der Waals surface area (Å²) >= 11 is 0. The number of nitrogens with zero attached hydrogens (tertiary/aromatic N) is 6. The summed E-state index contributed by atoms with van der Waals surface area (Å²) < 4.78 is 7.45. The normalized spacial score (nSPS) is 17.0. The van der Waals surface area contributed by atoms with E-state index in [0.29, 0.717) is 11.8 Å². The van der Waals surface area contributed by atoms with Gasteiger partial charge in [0.15, 0.2) is 17.9 Å². The third-order valence-corrected chi connectivity index (χ3v) is 4.94. The fourth-order valence-electron chi connectivity index (χ4n) is 3.58. The van der Waals surface area contributed by atoms with Crippen molar-refractivity contribution in [2.45, 2.75) is 52.0 Å². The molecular formula is C18H24N6O. The SMILES string of the molecule is Cc1ccc2nnc(C3CCN(Cc4ncoc4C(C)C)CC3)n2n1. The summed E-state index contributed by atoms with van der Waals surface area (Å²) in [5.74, 6) is 2.77. The maximum atomic E-state index is 5.54. The number of oxazole rings is 1. The molecule has 7 heteroatoms. The Morgan fingerprint density at radius 2 is 2.00 bits per heavy atom. The van der Waals surface area contributed by atoms with Gasteiger partial charge in [-0.1, -0.05) is 13.8 Å². The lowest BCUT2D eigenvalue weighted by atomic mass is 9.96. The Hall–Kier alpha value is -2.28. The zero-order chi connectivity index (χ0) is 17.4. The highest BCUT2D eigenvalue weighted by Gasteiger charge is 2.26. The molecule has 3 aromatic heterocycles. The van der Waals surface area contributed by atoms with Crippen LogP contribution in [0.5, 0.6) is 0 Å². The molecule has 4 heterocycles. The fraction of sp³-hybridized carbons (Fsp3) is 0.556. The molecule has 1 saturated heterocycles. The fourth-order valence-corrected chi connectivity index (χ4v) is 3.58. The van der Waals surface area contributed by atoms with Gasteiger partial charge in [-0.2, -0.15) is 9.61 Å². The standard InChI is InChI=1S/C18H24N6O/c1-12(2)17-15(19-11-25-17)10-23-8-6-14(7-9-23)18-21-20-16-5-4-13(3)22-24(16)18/h4-5,11-12,14H,6-10H2,1-3H3. The molecule has 1 fully saturated rings. The molecule has 25 heavy (non-hydrogen) atoms. The van der Waals surface area contributed by atoms with Crippen molar-refractivity contribution in [1.29, 1.82) is 0 Å². The van der Waals surface area contributed by atoms with E-state index < -0.39 is 0 Å². The van der Waals surface area contributed by atoms with Crippen LogP contribution in [0, 0.1) is 6.92 Å². The van der Waals surface area contributed by atoms with Crippen LogP contribution in [0.4, 0.5) is 0 Å². The van der Waals surface area contributed by atoms with Crippen molar-refractivity contribution in [3.05, 3.63) is 41.5 Å². The summed E-state index contributed by atoms with van der Waals surface area (Å²) in [7, 11) is 0. The number of likely N-dealkylation sites (tertiary alicyclic amines) is 1. The Labute approximate surface area is 147 Å². The Morgan fingerprint density at radius 1 is 1.20 bits per heavy atom. The molecule has 1 aliphatic rings. The second kappa shape index (κ2) is 6.55. The zero-order valence-corrected chi connectivity index (χ0v) is 15.0. The highest BCUT2D eigenvalue weighted by atomic mass is 16.3. The highest BCUT2D eigenvalue weighted by Crippen LogP contribution is 2.28. The summed E-state index contributed by atoms with van der Waals surface area (Å²) in [6.45, 7) is 9.18. The first-order valence-electron chi connectivity index (χ1n) is 8.95. The van der Waals surface area contributed by atoms with E-state index in [-0.39, 0.29) is 0 Å². The van der Waals surface area contributed by atoms with Gasteiger partial charge in [-0.15, -0.1) is 10.2 Å². The van der Waals surface area contributed by atoms with Gasteiger partial charge >= 0.3 is 0 Å². The molecule has 0 unspecified atom stereocenters. The second-order valence-electron chi connectivity index (χ2n) is 7.17. The smallest absolute Gasteiger partial charge is 0.181 e. The van der Waals surface area contributed by atoms with Gasteiger partial charge in [0.1, 0.15) is 5.76 Å². The van der Waals surface area contributed by atoms with E-state index in [1.54, 1.807) is 6.39 Å². The molecule has 0 bridgehead atoms. The Kier molecular flexibility index (Phi) is 4.25. The first kappa shape index (κ1) is 16.2. The van der Waals surface area contributed by atoms with Gasteiger partial charge in [0.05, 0.1) is 11.4 Å². The van der Waals surface area contributed by atoms with Crippen molar-refractivity contribution in [1.82, 2.24) is 29.7 Å². The second-order valence-corrected chi connectivity index (χ2v) is 7.17. The summed E-state index contributed by atoms with van der Waals surface area (Å²) in [5.41, 5.74) is 2.88. The minimum absolute atomic E-state index is 0.367. The van der Waals surface area contributed by atoms with Crippen LogP contribution in [0.15, 0.2) is 22.9 Å². The largest absolute Gasteiger partial charge is 0.448 e. The average molecular weight is 340 g/mol. The Morgan fingerprint density at radius 3 is 2.76 bits per heavy atom. The molecule has 0 spiro atoms. The van der Waals surface area contributed by atoms with E-state index >= 15 is 0 Å². The van der Waals surface area contributed by atoms with Crippen molar-refractivity contribution in [2.24, 2.45) is 0 Å². The number of hydrogen-bond donors (Lipinski definition) is 0. The van der Waals surface area contributed by atoms with Crippen LogP contribution < -0.4 is 0 Å². The van der Waals surface area contributed by atoms with Crippen LogP contribution in [-0.4, -0.2) is 42.8 Å². The van der Waals surface area contributed by atoms with Gasteiger partial charge in [-0.3, -0.25) is 4.90 Å². The number of aromatic nitrogens is 5. The minimum Gasteiger partial charge on any atom is -0.448 e. The molecular weight excluding hydrogens is 316 g/mol. The molecule has 4 rings (SSSR count). The number of fused-ring (bicyclic) bond motifs is 1. The minimum atomic E-state index is 0.367. The van der Waals surface area contributed by atoms with E-state index in [9.17, 15) is 0 Å². The van der Waals surface area contributed by atoms with Crippen molar-refractivity contribution in [2.75, 3.05) is 13.1 Å². The predicted molar refractivity (Wildman–Crippen MR) is 93.4 cm³/mol. The lowest BCUT2D eigenvalue weighted by Crippen LogP contribution is -2.33. The molecule has 0 amide bonds. The molecule has 0 saturated carbocycles. The van der Waals surface area contributed by atoms with Crippen LogP contribution in [0.1, 0.15) is 61.5 Å². The predicted octanol–water partition coefficient (Wildman–Crippen LogP) is 2.92. The maximum Gasteiger partial charge on any atom is 0.181 e. The molecule has 132 valence electrons. The van der Waals surface area contributed by atoms with Crippen LogP contribution in [0.25, 0.3) is 5.65 Å². The van der Waals surface area contributed by atoms with E-state index in [2.05, 4.69) is 39.0 Å². The van der Waals surface area contributed by atoms with Gasteiger partial charge in [0.25, 0.3) is 0 Å². The third kappa shape index (κ3) is 3.16. The first-order valence-corrected chi connectivity index (χ1v) is 8.95. The monoisotopic (exact) mass is 340 g/mol. The third-order valence-electron chi connectivity index (χ3n) is 4.94. The average Bonchev–Trinajstić information content (AvgIpc) is 3.22. The number of rotatable bonds is 4. The highest BCUT2D eigenvalue weighted by molar-refractivity contribution is 5.36.